The molecule has 1 atom stereocenters. The number of allylic oxidation sites excluding steroid dienone is 2. The molecule has 0 aliphatic heterocycles. The van der Waals surface area contributed by atoms with Crippen LogP contribution in [0.2, 0.25) is 0 Å². The zero-order valence-electron chi connectivity index (χ0n) is 6.32. The zero-order chi connectivity index (χ0) is 7.68. The van der Waals surface area contributed by atoms with Gasteiger partial charge in [-0.15, -0.1) is 0 Å². The molecule has 0 aromatic carbocycles. The van der Waals surface area contributed by atoms with Crippen LogP contribution in [0, 0.1) is 5.92 Å². The lowest BCUT2D eigenvalue weighted by Gasteiger charge is -1.91. The van der Waals surface area contributed by atoms with Crippen LogP contribution in [0.1, 0.15) is 17.4 Å². The number of fused-ring (bicyclic) bond motifs is 1. The molecule has 1 aliphatic carbocycles. The third-order valence-corrected chi connectivity index (χ3v) is 2.54. The number of hydrogen-bond donors (Lipinski definition) is 0. The molecule has 56 valence electrons. The second-order valence-electron chi connectivity index (χ2n) is 2.72. The van der Waals surface area contributed by atoms with Crippen LogP contribution in [0.5, 0.6) is 0 Å². The van der Waals surface area contributed by atoms with Gasteiger partial charge >= 0.3 is 0 Å². The Kier molecular flexibility index (Phi) is 1.62. The Bertz CT molecular complexity index is 281. The molecule has 1 aromatic heterocycles. The van der Waals surface area contributed by atoms with E-state index >= 15 is 0 Å². The van der Waals surface area contributed by atoms with E-state index in [2.05, 4.69) is 35.6 Å². The van der Waals surface area contributed by atoms with Gasteiger partial charge in [0.05, 0.1) is 4.88 Å². The first-order valence-electron chi connectivity index (χ1n) is 3.67. The molecule has 2 heteroatoms. The standard InChI is InChI=1S/C9H9NS/c1-7-2-4-8-6-10-11-9(8)5-3-7/h2-7H,1H3. The summed E-state index contributed by atoms with van der Waals surface area (Å²) in [6, 6.07) is 0. The van der Waals surface area contributed by atoms with Crippen molar-refractivity contribution in [2.24, 2.45) is 5.92 Å². The van der Waals surface area contributed by atoms with Gasteiger partial charge in [-0.1, -0.05) is 25.2 Å². The number of hydrogen-bond acceptors (Lipinski definition) is 2. The van der Waals surface area contributed by atoms with Crippen LogP contribution in [0.25, 0.3) is 12.2 Å². The van der Waals surface area contributed by atoms with Crippen molar-refractivity contribution in [1.29, 1.82) is 0 Å². The first-order chi connectivity index (χ1) is 5.36. The summed E-state index contributed by atoms with van der Waals surface area (Å²) in [4.78, 5) is 1.27. The molecule has 0 amide bonds. The van der Waals surface area contributed by atoms with Crippen LogP contribution in [-0.4, -0.2) is 4.37 Å². The fourth-order valence-electron chi connectivity index (χ4n) is 1.07. The lowest BCUT2D eigenvalue weighted by atomic mass is 10.2. The highest BCUT2D eigenvalue weighted by Gasteiger charge is 2.02. The lowest BCUT2D eigenvalue weighted by Crippen LogP contribution is -1.77. The summed E-state index contributed by atoms with van der Waals surface area (Å²) in [6.45, 7) is 2.18. The maximum atomic E-state index is 4.11. The average Bonchev–Trinajstić information content (AvgIpc) is 2.38. The van der Waals surface area contributed by atoms with Crippen LogP contribution in [0.4, 0.5) is 0 Å². The molecule has 1 aromatic rings. The van der Waals surface area contributed by atoms with E-state index in [-0.39, 0.29) is 0 Å². The highest BCUT2D eigenvalue weighted by atomic mass is 32.1. The maximum absolute atomic E-state index is 4.11. The number of rotatable bonds is 0. The number of aromatic nitrogens is 1. The predicted molar refractivity (Wildman–Crippen MR) is 49.3 cm³/mol. The maximum Gasteiger partial charge on any atom is 0.0546 e. The topological polar surface area (TPSA) is 12.9 Å². The van der Waals surface area contributed by atoms with Gasteiger partial charge in [0.2, 0.25) is 0 Å². The Hall–Kier alpha value is -0.890. The van der Waals surface area contributed by atoms with Crippen LogP contribution in [0.15, 0.2) is 18.3 Å². The minimum atomic E-state index is 0.551. The summed E-state index contributed by atoms with van der Waals surface area (Å²) in [5.41, 5.74) is 1.25. The Morgan fingerprint density at radius 3 is 3.09 bits per heavy atom. The van der Waals surface area contributed by atoms with Crippen molar-refractivity contribution < 1.29 is 0 Å². The van der Waals surface area contributed by atoms with E-state index in [1.807, 2.05) is 6.20 Å². The fraction of sp³-hybridized carbons (Fsp3) is 0.222. The quantitative estimate of drug-likeness (QED) is 0.573. The second-order valence-corrected chi connectivity index (χ2v) is 3.56. The monoisotopic (exact) mass is 163 g/mol. The van der Waals surface area contributed by atoms with Crippen molar-refractivity contribution >= 4 is 23.7 Å². The zero-order valence-corrected chi connectivity index (χ0v) is 7.14. The van der Waals surface area contributed by atoms with Crippen LogP contribution in [0.3, 0.4) is 0 Å². The Morgan fingerprint density at radius 1 is 1.36 bits per heavy atom. The minimum absolute atomic E-state index is 0.551. The summed E-state index contributed by atoms with van der Waals surface area (Å²) < 4.78 is 4.11. The summed E-state index contributed by atoms with van der Waals surface area (Å²) in [6.07, 6.45) is 10.6. The molecular formula is C9H9NS. The molecule has 1 nitrogen and oxygen atoms in total. The predicted octanol–water partition coefficient (Wildman–Crippen LogP) is 2.82. The molecule has 1 heterocycles. The van der Waals surface area contributed by atoms with Crippen molar-refractivity contribution in [1.82, 2.24) is 4.37 Å². The van der Waals surface area contributed by atoms with Gasteiger partial charge in [0, 0.05) is 11.8 Å². The molecule has 2 rings (SSSR count). The highest BCUT2D eigenvalue weighted by Crippen LogP contribution is 2.21. The molecule has 11 heavy (non-hydrogen) atoms. The Morgan fingerprint density at radius 2 is 2.18 bits per heavy atom. The summed E-state index contributed by atoms with van der Waals surface area (Å²) in [5.74, 6) is 0.551. The molecule has 0 radical (unpaired) electrons. The van der Waals surface area contributed by atoms with Gasteiger partial charge in [-0.25, -0.2) is 0 Å². The first-order valence-corrected chi connectivity index (χ1v) is 4.45. The average molecular weight is 163 g/mol. The normalized spacial score (nSPS) is 21.4. The van der Waals surface area contributed by atoms with Crippen LogP contribution >= 0.6 is 11.5 Å². The van der Waals surface area contributed by atoms with Gasteiger partial charge in [0.25, 0.3) is 0 Å². The van der Waals surface area contributed by atoms with Gasteiger partial charge in [-0.05, 0) is 23.5 Å². The summed E-state index contributed by atoms with van der Waals surface area (Å²) in [5, 5.41) is 0. The van der Waals surface area contributed by atoms with Crippen LogP contribution < -0.4 is 0 Å². The van der Waals surface area contributed by atoms with Crippen molar-refractivity contribution in [2.75, 3.05) is 0 Å². The molecule has 0 N–H and O–H groups in total. The smallest absolute Gasteiger partial charge is 0.0546 e. The lowest BCUT2D eigenvalue weighted by molar-refractivity contribution is 0.954. The van der Waals surface area contributed by atoms with E-state index in [9.17, 15) is 0 Å². The van der Waals surface area contributed by atoms with Gasteiger partial charge in [-0.2, -0.15) is 4.37 Å². The van der Waals surface area contributed by atoms with Crippen molar-refractivity contribution in [3.8, 4) is 0 Å². The van der Waals surface area contributed by atoms with Crippen molar-refractivity contribution in [2.45, 2.75) is 6.92 Å². The molecule has 0 spiro atoms. The molecule has 0 saturated heterocycles. The minimum Gasteiger partial charge on any atom is -0.200 e. The Labute approximate surface area is 70.2 Å². The van der Waals surface area contributed by atoms with Gasteiger partial charge in [0.1, 0.15) is 0 Å². The van der Waals surface area contributed by atoms with Crippen LogP contribution in [-0.2, 0) is 0 Å². The van der Waals surface area contributed by atoms with E-state index in [0.29, 0.717) is 5.92 Å². The van der Waals surface area contributed by atoms with E-state index in [0.717, 1.165) is 0 Å². The van der Waals surface area contributed by atoms with Crippen molar-refractivity contribution in [3.63, 3.8) is 0 Å². The molecule has 1 aliphatic rings. The molecule has 1 unspecified atom stereocenters. The van der Waals surface area contributed by atoms with E-state index in [1.54, 1.807) is 11.5 Å². The third-order valence-electron chi connectivity index (χ3n) is 1.76. The van der Waals surface area contributed by atoms with Gasteiger partial charge in [0.15, 0.2) is 0 Å². The number of nitrogens with zero attached hydrogens (tertiary/aromatic N) is 1. The molecule has 0 bridgehead atoms. The Balaban J connectivity index is 2.48. The molecule has 0 fully saturated rings. The highest BCUT2D eigenvalue weighted by molar-refractivity contribution is 7.07. The fourth-order valence-corrected chi connectivity index (χ4v) is 1.71. The van der Waals surface area contributed by atoms with E-state index in [4.69, 9.17) is 0 Å². The SMILES string of the molecule is CC1C=Cc2cnsc2C=C1. The second kappa shape index (κ2) is 2.62. The largest absolute Gasteiger partial charge is 0.200 e. The molecular weight excluding hydrogens is 154 g/mol. The van der Waals surface area contributed by atoms with Gasteiger partial charge < -0.3 is 0 Å². The molecule has 0 saturated carbocycles. The summed E-state index contributed by atoms with van der Waals surface area (Å²) >= 11 is 1.55. The van der Waals surface area contributed by atoms with Crippen molar-refractivity contribution in [3.05, 3.63) is 28.8 Å². The first kappa shape index (κ1) is 6.80. The summed E-state index contributed by atoms with van der Waals surface area (Å²) in [7, 11) is 0. The van der Waals surface area contributed by atoms with E-state index in [1.165, 1.54) is 10.4 Å². The third kappa shape index (κ3) is 1.26. The van der Waals surface area contributed by atoms with Gasteiger partial charge in [-0.3, -0.25) is 0 Å². The van der Waals surface area contributed by atoms with E-state index < -0.39 is 0 Å².